The Morgan fingerprint density at radius 1 is 1.24 bits per heavy atom. The molecule has 0 spiro atoms. The molecule has 1 aliphatic heterocycles. The van der Waals surface area contributed by atoms with Crippen molar-refractivity contribution in [2.75, 3.05) is 25.1 Å². The number of hydrogen-bond acceptors (Lipinski definition) is 6. The van der Waals surface area contributed by atoms with Gasteiger partial charge in [-0.05, 0) is 11.6 Å². The van der Waals surface area contributed by atoms with Crippen molar-refractivity contribution in [3.8, 4) is 0 Å². The van der Waals surface area contributed by atoms with Crippen molar-refractivity contribution in [1.82, 2.24) is 15.3 Å². The highest BCUT2D eigenvalue weighted by Crippen LogP contribution is 2.00. The fourth-order valence-corrected chi connectivity index (χ4v) is 1.90. The first-order chi connectivity index (χ1) is 12.2. The maximum Gasteiger partial charge on any atom is 0.346 e. The van der Waals surface area contributed by atoms with E-state index in [1.807, 2.05) is 30.3 Å². The van der Waals surface area contributed by atoms with E-state index in [4.69, 9.17) is 14.6 Å². The van der Waals surface area contributed by atoms with Crippen LogP contribution in [0, 0.1) is 0 Å². The Kier molecular flexibility index (Phi) is 7.57. The van der Waals surface area contributed by atoms with Gasteiger partial charge in [-0.1, -0.05) is 30.3 Å². The molecule has 4 N–H and O–H groups in total. The molecule has 2 amide bonds. The molecule has 1 aromatic heterocycles. The van der Waals surface area contributed by atoms with Crippen molar-refractivity contribution in [3.05, 3.63) is 58.6 Å². The van der Waals surface area contributed by atoms with Gasteiger partial charge in [0.25, 0.3) is 0 Å². The van der Waals surface area contributed by atoms with Crippen LogP contribution in [0.2, 0.25) is 0 Å². The van der Waals surface area contributed by atoms with Crippen LogP contribution in [0.15, 0.2) is 47.4 Å². The number of amides is 2. The van der Waals surface area contributed by atoms with E-state index in [0.717, 1.165) is 5.56 Å². The lowest BCUT2D eigenvalue weighted by Crippen LogP contribution is -2.29. The fraction of sp³-hybridized carbons (Fsp3) is 0.312. The molecule has 1 saturated heterocycles. The zero-order valence-corrected chi connectivity index (χ0v) is 13.5. The van der Waals surface area contributed by atoms with E-state index in [-0.39, 0.29) is 18.9 Å². The van der Waals surface area contributed by atoms with Gasteiger partial charge < -0.3 is 19.9 Å². The lowest BCUT2D eigenvalue weighted by molar-refractivity contribution is -0.0747. The van der Waals surface area contributed by atoms with Crippen LogP contribution in [0.1, 0.15) is 5.56 Å². The van der Waals surface area contributed by atoms with E-state index in [0.29, 0.717) is 25.6 Å². The van der Waals surface area contributed by atoms with Crippen molar-refractivity contribution < 1.29 is 19.4 Å². The molecule has 2 aromatic rings. The van der Waals surface area contributed by atoms with Crippen molar-refractivity contribution in [3.63, 3.8) is 0 Å². The normalized spacial score (nSPS) is 13.6. The Hall–Kier alpha value is -2.75. The molecule has 0 unspecified atom stereocenters. The Bertz CT molecular complexity index is 701. The van der Waals surface area contributed by atoms with Crippen LogP contribution < -0.4 is 16.3 Å². The van der Waals surface area contributed by atoms with Crippen molar-refractivity contribution in [2.24, 2.45) is 0 Å². The van der Waals surface area contributed by atoms with Gasteiger partial charge in [0.05, 0.1) is 19.8 Å². The molecule has 0 bridgehead atoms. The van der Waals surface area contributed by atoms with E-state index in [9.17, 15) is 9.59 Å². The predicted molar refractivity (Wildman–Crippen MR) is 89.9 cm³/mol. The molecule has 0 aliphatic carbocycles. The van der Waals surface area contributed by atoms with Gasteiger partial charge in [0.1, 0.15) is 5.82 Å². The molecule has 1 aliphatic rings. The number of H-pyrrole nitrogens is 1. The highest BCUT2D eigenvalue weighted by molar-refractivity contribution is 5.87. The average molecular weight is 348 g/mol. The SMILES string of the molecule is O=C(NCc1ccccc1)Nc1ccnc(=O)[nH]1.OCC1OCCO1. The molecule has 0 radical (unpaired) electrons. The van der Waals surface area contributed by atoms with E-state index < -0.39 is 5.69 Å². The van der Waals surface area contributed by atoms with Crippen LogP contribution in [-0.4, -0.2) is 47.2 Å². The summed E-state index contributed by atoms with van der Waals surface area (Å²) in [4.78, 5) is 28.3. The van der Waals surface area contributed by atoms with Crippen LogP contribution in [-0.2, 0) is 16.0 Å². The minimum atomic E-state index is -0.504. The first kappa shape index (κ1) is 18.6. The highest BCUT2D eigenvalue weighted by Gasteiger charge is 2.12. The number of ether oxygens (including phenoxy) is 2. The number of aliphatic hydroxyl groups excluding tert-OH is 1. The second kappa shape index (κ2) is 10.2. The number of aliphatic hydroxyl groups is 1. The molecular weight excluding hydrogens is 328 g/mol. The minimum Gasteiger partial charge on any atom is -0.391 e. The maximum atomic E-state index is 11.5. The molecule has 134 valence electrons. The smallest absolute Gasteiger partial charge is 0.346 e. The van der Waals surface area contributed by atoms with Gasteiger partial charge in [-0.25, -0.2) is 14.6 Å². The predicted octanol–water partition coefficient (Wildman–Crippen LogP) is 0.443. The Balaban J connectivity index is 0.000000269. The van der Waals surface area contributed by atoms with Gasteiger partial charge in [0, 0.05) is 12.7 Å². The number of benzene rings is 1. The number of nitrogens with one attached hydrogen (secondary N) is 3. The molecule has 9 heteroatoms. The van der Waals surface area contributed by atoms with Gasteiger partial charge >= 0.3 is 11.7 Å². The first-order valence-electron chi connectivity index (χ1n) is 7.65. The second-order valence-corrected chi connectivity index (χ2v) is 4.94. The van der Waals surface area contributed by atoms with Gasteiger partial charge in [0.15, 0.2) is 6.29 Å². The second-order valence-electron chi connectivity index (χ2n) is 4.94. The van der Waals surface area contributed by atoms with Gasteiger partial charge in [-0.15, -0.1) is 0 Å². The Morgan fingerprint density at radius 2 is 1.96 bits per heavy atom. The molecule has 1 fully saturated rings. The number of carbonyl (C=O) groups is 1. The molecule has 25 heavy (non-hydrogen) atoms. The number of aromatic nitrogens is 2. The number of anilines is 1. The molecule has 2 heterocycles. The van der Waals surface area contributed by atoms with Gasteiger partial charge in [-0.2, -0.15) is 0 Å². The number of carbonyl (C=O) groups excluding carboxylic acids is 1. The van der Waals surface area contributed by atoms with Gasteiger partial charge in [-0.3, -0.25) is 10.3 Å². The summed E-state index contributed by atoms with van der Waals surface area (Å²) in [6.07, 6.45) is 0.978. The van der Waals surface area contributed by atoms with Crippen molar-refractivity contribution in [2.45, 2.75) is 12.8 Å². The summed E-state index contributed by atoms with van der Waals surface area (Å²) in [5.74, 6) is 0.306. The van der Waals surface area contributed by atoms with Crippen LogP contribution in [0.5, 0.6) is 0 Å². The zero-order valence-electron chi connectivity index (χ0n) is 13.5. The first-order valence-corrected chi connectivity index (χ1v) is 7.65. The fourth-order valence-electron chi connectivity index (χ4n) is 1.90. The molecule has 0 atom stereocenters. The number of nitrogens with zero attached hydrogens (tertiary/aromatic N) is 1. The van der Waals surface area contributed by atoms with Crippen molar-refractivity contribution in [1.29, 1.82) is 0 Å². The summed E-state index contributed by atoms with van der Waals surface area (Å²) in [5.41, 5.74) is 0.492. The third-order valence-corrected chi connectivity index (χ3v) is 3.06. The molecular formula is C16H20N4O5. The summed E-state index contributed by atoms with van der Waals surface area (Å²) < 4.78 is 9.66. The Morgan fingerprint density at radius 3 is 2.56 bits per heavy atom. The lowest BCUT2D eigenvalue weighted by atomic mass is 10.2. The quantitative estimate of drug-likeness (QED) is 0.635. The minimum absolute atomic E-state index is 0.0278. The topological polar surface area (TPSA) is 126 Å². The lowest BCUT2D eigenvalue weighted by Gasteiger charge is -2.06. The molecule has 9 nitrogen and oxygen atoms in total. The number of rotatable bonds is 4. The van der Waals surface area contributed by atoms with Crippen LogP contribution in [0.4, 0.5) is 10.6 Å². The van der Waals surface area contributed by atoms with Crippen LogP contribution in [0.3, 0.4) is 0 Å². The highest BCUT2D eigenvalue weighted by atomic mass is 16.7. The van der Waals surface area contributed by atoms with E-state index in [1.165, 1.54) is 12.3 Å². The van der Waals surface area contributed by atoms with Gasteiger partial charge in [0.2, 0.25) is 0 Å². The maximum absolute atomic E-state index is 11.5. The monoisotopic (exact) mass is 348 g/mol. The molecule has 3 rings (SSSR count). The van der Waals surface area contributed by atoms with E-state index in [1.54, 1.807) is 0 Å². The van der Waals surface area contributed by atoms with Crippen molar-refractivity contribution >= 4 is 11.8 Å². The average Bonchev–Trinajstić information content (AvgIpc) is 3.15. The largest absolute Gasteiger partial charge is 0.391 e. The third-order valence-electron chi connectivity index (χ3n) is 3.06. The van der Waals surface area contributed by atoms with E-state index >= 15 is 0 Å². The van der Waals surface area contributed by atoms with Crippen LogP contribution >= 0.6 is 0 Å². The summed E-state index contributed by atoms with van der Waals surface area (Å²) in [5, 5.41) is 13.5. The zero-order chi connectivity index (χ0) is 17.9. The third kappa shape index (κ3) is 7.12. The summed E-state index contributed by atoms with van der Waals surface area (Å²) in [7, 11) is 0. The summed E-state index contributed by atoms with van der Waals surface area (Å²) in [6, 6.07) is 10.6. The number of urea groups is 1. The number of aromatic amines is 1. The summed E-state index contributed by atoms with van der Waals surface area (Å²) >= 11 is 0. The number of hydrogen-bond donors (Lipinski definition) is 4. The van der Waals surface area contributed by atoms with Crippen LogP contribution in [0.25, 0.3) is 0 Å². The Labute approximate surface area is 144 Å². The standard InChI is InChI=1S/C12H12N4O2.C4H8O3/c17-11-13-7-6-10(15-11)16-12(18)14-8-9-4-2-1-3-5-9;5-3-4-6-1-2-7-4/h1-7H,8H2,(H3,13,14,15,16,17,18);4-5H,1-3H2. The molecule has 1 aromatic carbocycles. The summed E-state index contributed by atoms with van der Waals surface area (Å²) in [6.45, 7) is 1.62. The molecule has 0 saturated carbocycles. The van der Waals surface area contributed by atoms with E-state index in [2.05, 4.69) is 20.6 Å².